The Morgan fingerprint density at radius 1 is 0.952 bits per heavy atom. The van der Waals surface area contributed by atoms with E-state index in [1.54, 1.807) is 27.9 Å². The molecule has 0 aromatic heterocycles. The smallest absolute Gasteiger partial charge is 0.408 e. The van der Waals surface area contributed by atoms with Crippen LogP contribution in [0.5, 0.6) is 5.75 Å². The zero-order valence-electron chi connectivity index (χ0n) is 26.5. The number of nitrogens with one attached hydrogen (secondary N) is 1. The normalized spacial score (nSPS) is 14.3. The van der Waals surface area contributed by atoms with Crippen LogP contribution >= 0.6 is 0 Å². The van der Waals surface area contributed by atoms with Crippen LogP contribution in [0.3, 0.4) is 0 Å². The van der Waals surface area contributed by atoms with E-state index in [0.717, 1.165) is 16.9 Å². The predicted molar refractivity (Wildman–Crippen MR) is 167 cm³/mol. The maximum atomic E-state index is 13.0. The number of nitrogens with zero attached hydrogens (tertiary/aromatic N) is 3. The number of amides is 1. The van der Waals surface area contributed by atoms with Crippen LogP contribution in [0.25, 0.3) is 10.4 Å². The summed E-state index contributed by atoms with van der Waals surface area (Å²) in [6, 6.07) is 15.7. The van der Waals surface area contributed by atoms with Gasteiger partial charge in [0.2, 0.25) is 0 Å². The molecule has 0 aliphatic rings. The van der Waals surface area contributed by atoms with Crippen molar-refractivity contribution >= 4 is 14.4 Å². The molecule has 2 aromatic rings. The van der Waals surface area contributed by atoms with Gasteiger partial charge in [-0.3, -0.25) is 0 Å². The van der Waals surface area contributed by atoms with Gasteiger partial charge in [-0.05, 0) is 67.7 Å². The Morgan fingerprint density at radius 2 is 1.57 bits per heavy atom. The van der Waals surface area contributed by atoms with Gasteiger partial charge in [0.05, 0.1) is 45.1 Å². The SMILES string of the molecule is COc1ccc(COC[C@H](NC(=O)OC(C)(C)C)[C@H](OCc2ccccc2)[C@@H](CO[Si](C)(C)C(C)(C)C)N=[N+]=[N-])cc1. The number of ether oxygens (including phenoxy) is 4. The molecule has 0 aliphatic carbocycles. The molecule has 2 rings (SSSR count). The summed E-state index contributed by atoms with van der Waals surface area (Å²) in [6.07, 6.45) is -1.41. The lowest BCUT2D eigenvalue weighted by Gasteiger charge is -2.38. The van der Waals surface area contributed by atoms with Crippen LogP contribution in [0.4, 0.5) is 4.79 Å². The van der Waals surface area contributed by atoms with Crippen LogP contribution < -0.4 is 10.1 Å². The zero-order valence-corrected chi connectivity index (χ0v) is 27.5. The summed E-state index contributed by atoms with van der Waals surface area (Å²) in [5.41, 5.74) is 10.7. The fraction of sp³-hybridized carbons (Fsp3) is 0.581. The summed E-state index contributed by atoms with van der Waals surface area (Å²) in [5, 5.41) is 6.97. The van der Waals surface area contributed by atoms with Crippen molar-refractivity contribution < 1.29 is 28.2 Å². The van der Waals surface area contributed by atoms with Gasteiger partial charge in [-0.2, -0.15) is 0 Å². The third kappa shape index (κ3) is 12.0. The maximum Gasteiger partial charge on any atom is 0.408 e. The molecule has 42 heavy (non-hydrogen) atoms. The Bertz CT molecular complexity index is 1140. The lowest BCUT2D eigenvalue weighted by atomic mass is 10.0. The number of methoxy groups -OCH3 is 1. The topological polar surface area (TPSA) is 124 Å². The van der Waals surface area contributed by atoms with Crippen molar-refractivity contribution in [2.45, 2.75) is 96.7 Å². The predicted octanol–water partition coefficient (Wildman–Crippen LogP) is 7.39. The van der Waals surface area contributed by atoms with Crippen molar-refractivity contribution in [3.8, 4) is 5.75 Å². The highest BCUT2D eigenvalue weighted by molar-refractivity contribution is 6.74. The second kappa shape index (κ2) is 16.0. The van der Waals surface area contributed by atoms with Crippen molar-refractivity contribution in [3.63, 3.8) is 0 Å². The van der Waals surface area contributed by atoms with E-state index in [-0.39, 0.29) is 31.5 Å². The molecule has 0 radical (unpaired) electrons. The van der Waals surface area contributed by atoms with E-state index in [1.807, 2.05) is 54.6 Å². The van der Waals surface area contributed by atoms with Crippen LogP contribution in [-0.2, 0) is 31.9 Å². The van der Waals surface area contributed by atoms with Gasteiger partial charge in [-0.25, -0.2) is 4.79 Å². The molecule has 10 nitrogen and oxygen atoms in total. The van der Waals surface area contributed by atoms with Gasteiger partial charge in [0.15, 0.2) is 8.32 Å². The van der Waals surface area contributed by atoms with Crippen molar-refractivity contribution in [3.05, 3.63) is 76.2 Å². The summed E-state index contributed by atoms with van der Waals surface area (Å²) in [7, 11) is -0.584. The van der Waals surface area contributed by atoms with E-state index in [4.69, 9.17) is 23.4 Å². The first-order chi connectivity index (χ1) is 19.6. The summed E-state index contributed by atoms with van der Waals surface area (Å²) in [5.74, 6) is 0.747. The molecule has 0 spiro atoms. The minimum Gasteiger partial charge on any atom is -0.497 e. The second-order valence-electron chi connectivity index (χ2n) is 12.7. The quantitative estimate of drug-likeness (QED) is 0.0984. The fourth-order valence-corrected chi connectivity index (χ4v) is 4.76. The molecule has 0 heterocycles. The monoisotopic (exact) mass is 600 g/mol. The molecule has 1 amide bonds. The first-order valence-corrected chi connectivity index (χ1v) is 17.1. The number of carbonyl (C=O) groups is 1. The Hall–Kier alpha value is -3.08. The number of hydrogen-bond acceptors (Lipinski definition) is 7. The Balaban J connectivity index is 2.38. The van der Waals surface area contributed by atoms with Crippen molar-refractivity contribution in [1.29, 1.82) is 0 Å². The first kappa shape index (κ1) is 35.1. The van der Waals surface area contributed by atoms with E-state index in [9.17, 15) is 10.3 Å². The fourth-order valence-electron chi connectivity index (χ4n) is 3.74. The largest absolute Gasteiger partial charge is 0.497 e. The van der Waals surface area contributed by atoms with Crippen LogP contribution in [-0.4, -0.2) is 58.5 Å². The standard InChI is InChI=1S/C31H48N4O6Si/c1-30(2,3)41-29(36)33-26(21-38-19-24-15-17-25(37-7)18-16-24)28(39-20-23-13-11-10-12-14-23)27(34-35-32)22-40-42(8,9)31(4,5)6/h10-18,26-28H,19-22H2,1-9H3,(H,33,36)/t26-,27+,28-/m0/s1. The molecule has 0 bridgehead atoms. The van der Waals surface area contributed by atoms with Gasteiger partial charge in [0, 0.05) is 11.5 Å². The summed E-state index contributed by atoms with van der Waals surface area (Å²) >= 11 is 0. The lowest BCUT2D eigenvalue weighted by molar-refractivity contribution is -0.0391. The molecule has 0 saturated heterocycles. The van der Waals surface area contributed by atoms with E-state index >= 15 is 0 Å². The third-order valence-electron chi connectivity index (χ3n) is 7.11. The highest BCUT2D eigenvalue weighted by atomic mass is 28.4. The van der Waals surface area contributed by atoms with Crippen molar-refractivity contribution in [2.24, 2.45) is 5.11 Å². The summed E-state index contributed by atoms with van der Waals surface area (Å²) in [6.45, 7) is 16.8. The van der Waals surface area contributed by atoms with E-state index < -0.39 is 38.2 Å². The molecule has 1 N–H and O–H groups in total. The van der Waals surface area contributed by atoms with E-state index in [1.165, 1.54) is 0 Å². The van der Waals surface area contributed by atoms with E-state index in [0.29, 0.717) is 0 Å². The molecular formula is C31H48N4O6Si. The third-order valence-corrected chi connectivity index (χ3v) is 11.6. The molecule has 11 heteroatoms. The van der Waals surface area contributed by atoms with E-state index in [2.05, 4.69) is 49.2 Å². The summed E-state index contributed by atoms with van der Waals surface area (Å²) in [4.78, 5) is 16.1. The van der Waals surface area contributed by atoms with Gasteiger partial charge in [0.25, 0.3) is 0 Å². The van der Waals surface area contributed by atoms with Crippen LogP contribution in [0.15, 0.2) is 59.7 Å². The van der Waals surface area contributed by atoms with Gasteiger partial charge in [0.1, 0.15) is 11.4 Å². The average Bonchev–Trinajstić information content (AvgIpc) is 2.90. The maximum absolute atomic E-state index is 13.0. The van der Waals surface area contributed by atoms with Crippen LogP contribution in [0, 0.1) is 0 Å². The van der Waals surface area contributed by atoms with Crippen LogP contribution in [0.2, 0.25) is 18.1 Å². The minimum atomic E-state index is -2.20. The average molecular weight is 601 g/mol. The molecule has 0 saturated carbocycles. The second-order valence-corrected chi connectivity index (χ2v) is 17.5. The highest BCUT2D eigenvalue weighted by Gasteiger charge is 2.40. The Kier molecular flexibility index (Phi) is 13.3. The molecular weight excluding hydrogens is 552 g/mol. The number of carbonyl (C=O) groups excluding carboxylic acids is 1. The number of benzene rings is 2. The Labute approximate surface area is 251 Å². The first-order valence-electron chi connectivity index (χ1n) is 14.2. The molecule has 3 atom stereocenters. The minimum absolute atomic E-state index is 0.0516. The van der Waals surface area contributed by atoms with Gasteiger partial charge in [-0.1, -0.05) is 68.4 Å². The number of azide groups is 1. The zero-order chi connectivity index (χ0) is 31.4. The molecule has 232 valence electrons. The summed E-state index contributed by atoms with van der Waals surface area (Å²) < 4.78 is 29.8. The number of hydrogen-bond donors (Lipinski definition) is 1. The Morgan fingerprint density at radius 3 is 2.12 bits per heavy atom. The highest BCUT2D eigenvalue weighted by Crippen LogP contribution is 2.37. The lowest BCUT2D eigenvalue weighted by Crippen LogP contribution is -2.54. The molecule has 0 aliphatic heterocycles. The van der Waals surface area contributed by atoms with Crippen molar-refractivity contribution in [1.82, 2.24) is 5.32 Å². The molecule has 0 unspecified atom stereocenters. The number of rotatable bonds is 15. The van der Waals surface area contributed by atoms with Gasteiger partial charge >= 0.3 is 6.09 Å². The molecule has 2 aromatic carbocycles. The van der Waals surface area contributed by atoms with Crippen LogP contribution in [0.1, 0.15) is 52.7 Å². The molecule has 0 fully saturated rings. The van der Waals surface area contributed by atoms with Gasteiger partial charge in [-0.15, -0.1) is 0 Å². The number of alkyl carbamates (subject to hydrolysis) is 1. The van der Waals surface area contributed by atoms with Crippen molar-refractivity contribution in [2.75, 3.05) is 20.3 Å². The van der Waals surface area contributed by atoms with Gasteiger partial charge < -0.3 is 28.7 Å².